The van der Waals surface area contributed by atoms with Crippen LogP contribution in [0.5, 0.6) is 11.5 Å². The number of carbonyl (C=O) groups excluding carboxylic acids is 1. The van der Waals surface area contributed by atoms with E-state index in [0.29, 0.717) is 43.1 Å². The monoisotopic (exact) mass is 456 g/mol. The normalized spacial score (nSPS) is 23.6. The molecule has 0 radical (unpaired) electrons. The van der Waals surface area contributed by atoms with E-state index in [9.17, 15) is 14.3 Å². The van der Waals surface area contributed by atoms with Gasteiger partial charge in [0, 0.05) is 5.56 Å². The van der Waals surface area contributed by atoms with Crippen LogP contribution in [-0.2, 0) is 15.1 Å². The number of hydrogen-bond acceptors (Lipinski definition) is 5. The van der Waals surface area contributed by atoms with E-state index in [0.717, 1.165) is 37.0 Å². The number of rotatable bonds is 9. The van der Waals surface area contributed by atoms with Crippen molar-refractivity contribution in [3.05, 3.63) is 59.4 Å². The first-order valence-electron chi connectivity index (χ1n) is 11.8. The van der Waals surface area contributed by atoms with Crippen molar-refractivity contribution in [2.24, 2.45) is 11.8 Å². The zero-order valence-electron chi connectivity index (χ0n) is 19.4. The molecule has 0 aliphatic heterocycles. The Morgan fingerprint density at radius 2 is 1.85 bits per heavy atom. The van der Waals surface area contributed by atoms with Crippen molar-refractivity contribution in [3.8, 4) is 11.5 Å². The van der Waals surface area contributed by atoms with Gasteiger partial charge in [-0.25, -0.2) is 4.39 Å². The number of methoxy groups -OCH3 is 2. The molecule has 2 aliphatic carbocycles. The van der Waals surface area contributed by atoms with Crippen molar-refractivity contribution in [1.29, 1.82) is 0 Å². The number of benzene rings is 2. The van der Waals surface area contributed by atoms with Gasteiger partial charge >= 0.3 is 5.97 Å². The minimum atomic E-state index is -1.18. The minimum Gasteiger partial charge on any atom is -0.497 e. The number of halogens is 1. The first kappa shape index (κ1) is 23.6. The second-order valence-corrected chi connectivity index (χ2v) is 9.43. The van der Waals surface area contributed by atoms with Crippen LogP contribution in [0.4, 0.5) is 4.39 Å². The Morgan fingerprint density at radius 1 is 1.09 bits per heavy atom. The maximum absolute atomic E-state index is 14.4. The van der Waals surface area contributed by atoms with Crippen LogP contribution in [0.15, 0.2) is 42.5 Å². The van der Waals surface area contributed by atoms with Gasteiger partial charge in [-0.05, 0) is 92.2 Å². The molecule has 0 saturated heterocycles. The summed E-state index contributed by atoms with van der Waals surface area (Å²) in [6, 6.07) is 12.5. The van der Waals surface area contributed by atoms with E-state index in [2.05, 4.69) is 6.07 Å². The number of carbonyl (C=O) groups is 1. The van der Waals surface area contributed by atoms with Gasteiger partial charge in [0.25, 0.3) is 0 Å². The summed E-state index contributed by atoms with van der Waals surface area (Å²) in [7, 11) is 2.96. The van der Waals surface area contributed by atoms with Gasteiger partial charge in [-0.15, -0.1) is 0 Å². The molecule has 2 fully saturated rings. The van der Waals surface area contributed by atoms with Crippen LogP contribution in [0.25, 0.3) is 0 Å². The SMILES string of the molecule is COC(=O)C[C@H](c1cccc(OCC2CCC(O)(c3cc(OC)ccc3F)CC2)c1)C1CC1. The summed E-state index contributed by atoms with van der Waals surface area (Å²) in [5.74, 6) is 1.75. The summed E-state index contributed by atoms with van der Waals surface area (Å²) in [6.45, 7) is 0.547. The van der Waals surface area contributed by atoms with Crippen LogP contribution < -0.4 is 9.47 Å². The highest BCUT2D eigenvalue weighted by Gasteiger charge is 2.37. The fourth-order valence-electron chi connectivity index (χ4n) is 4.95. The molecule has 2 saturated carbocycles. The van der Waals surface area contributed by atoms with Gasteiger partial charge in [0.2, 0.25) is 0 Å². The number of esters is 1. The topological polar surface area (TPSA) is 65.0 Å². The Kier molecular flexibility index (Phi) is 7.23. The maximum Gasteiger partial charge on any atom is 0.306 e. The zero-order chi connectivity index (χ0) is 23.4. The highest BCUT2D eigenvalue weighted by atomic mass is 19.1. The fraction of sp³-hybridized carbons (Fsp3) is 0.519. The summed E-state index contributed by atoms with van der Waals surface area (Å²) < 4.78 is 30.6. The molecule has 2 aliphatic rings. The molecule has 1 atom stereocenters. The largest absolute Gasteiger partial charge is 0.497 e. The Bertz CT molecular complexity index is 963. The molecule has 0 bridgehead atoms. The average Bonchev–Trinajstić information content (AvgIpc) is 3.68. The van der Waals surface area contributed by atoms with Crippen molar-refractivity contribution in [3.63, 3.8) is 0 Å². The fourth-order valence-corrected chi connectivity index (χ4v) is 4.95. The van der Waals surface area contributed by atoms with Crippen molar-refractivity contribution in [2.75, 3.05) is 20.8 Å². The summed E-state index contributed by atoms with van der Waals surface area (Å²) >= 11 is 0. The van der Waals surface area contributed by atoms with E-state index in [4.69, 9.17) is 14.2 Å². The third-order valence-electron chi connectivity index (χ3n) is 7.18. The Morgan fingerprint density at radius 3 is 2.52 bits per heavy atom. The van der Waals surface area contributed by atoms with Crippen LogP contribution in [0.1, 0.15) is 62.0 Å². The first-order chi connectivity index (χ1) is 15.9. The van der Waals surface area contributed by atoms with Gasteiger partial charge in [0.05, 0.1) is 32.8 Å². The smallest absolute Gasteiger partial charge is 0.306 e. The quantitative estimate of drug-likeness (QED) is 0.516. The highest BCUT2D eigenvalue weighted by molar-refractivity contribution is 5.70. The van der Waals surface area contributed by atoms with Crippen LogP contribution in [0.3, 0.4) is 0 Å². The number of ether oxygens (including phenoxy) is 3. The van der Waals surface area contributed by atoms with Crippen LogP contribution in [-0.4, -0.2) is 31.9 Å². The Labute approximate surface area is 194 Å². The van der Waals surface area contributed by atoms with E-state index in [1.165, 1.54) is 20.3 Å². The van der Waals surface area contributed by atoms with E-state index >= 15 is 0 Å². The van der Waals surface area contributed by atoms with Gasteiger partial charge in [-0.3, -0.25) is 4.79 Å². The summed E-state index contributed by atoms with van der Waals surface area (Å²) in [4.78, 5) is 11.9. The zero-order valence-corrected chi connectivity index (χ0v) is 19.4. The predicted octanol–water partition coefficient (Wildman–Crippen LogP) is 5.35. The summed E-state index contributed by atoms with van der Waals surface area (Å²) in [6.07, 6.45) is 5.14. The lowest BCUT2D eigenvalue weighted by atomic mass is 9.75. The molecule has 6 heteroatoms. The van der Waals surface area contributed by atoms with Gasteiger partial charge in [-0.1, -0.05) is 12.1 Å². The van der Waals surface area contributed by atoms with Crippen molar-refractivity contribution in [1.82, 2.24) is 0 Å². The molecule has 178 valence electrons. The summed E-state index contributed by atoms with van der Waals surface area (Å²) in [5.41, 5.74) is 0.248. The van der Waals surface area contributed by atoms with Gasteiger partial charge in [-0.2, -0.15) is 0 Å². The number of hydrogen-bond donors (Lipinski definition) is 1. The maximum atomic E-state index is 14.4. The molecule has 1 N–H and O–H groups in total. The second-order valence-electron chi connectivity index (χ2n) is 9.43. The Hall–Kier alpha value is -2.60. The lowest BCUT2D eigenvalue weighted by Crippen LogP contribution is -2.34. The molecule has 0 heterocycles. The van der Waals surface area contributed by atoms with E-state index in [1.54, 1.807) is 12.1 Å². The van der Waals surface area contributed by atoms with Crippen LogP contribution in [0.2, 0.25) is 0 Å². The van der Waals surface area contributed by atoms with Gasteiger partial charge < -0.3 is 19.3 Å². The Balaban J connectivity index is 1.35. The van der Waals surface area contributed by atoms with Gasteiger partial charge in [0.15, 0.2) is 0 Å². The van der Waals surface area contributed by atoms with Crippen molar-refractivity contribution >= 4 is 5.97 Å². The third kappa shape index (κ3) is 5.67. The lowest BCUT2D eigenvalue weighted by Gasteiger charge is -2.36. The van der Waals surface area contributed by atoms with Crippen LogP contribution in [0, 0.1) is 17.7 Å². The van der Waals surface area contributed by atoms with E-state index < -0.39 is 11.4 Å². The van der Waals surface area contributed by atoms with E-state index in [-0.39, 0.29) is 17.8 Å². The molecular formula is C27H33FO5. The van der Waals surface area contributed by atoms with E-state index in [1.807, 2.05) is 18.2 Å². The van der Waals surface area contributed by atoms with Crippen LogP contribution >= 0.6 is 0 Å². The number of aliphatic hydroxyl groups is 1. The van der Waals surface area contributed by atoms with Gasteiger partial charge in [0.1, 0.15) is 17.3 Å². The molecule has 4 rings (SSSR count). The minimum absolute atomic E-state index is 0.170. The molecular weight excluding hydrogens is 423 g/mol. The van der Waals surface area contributed by atoms with Crippen molar-refractivity contribution in [2.45, 2.75) is 56.5 Å². The predicted molar refractivity (Wildman–Crippen MR) is 123 cm³/mol. The highest BCUT2D eigenvalue weighted by Crippen LogP contribution is 2.45. The molecule has 2 aromatic carbocycles. The third-order valence-corrected chi connectivity index (χ3v) is 7.18. The molecule has 0 unspecified atom stereocenters. The molecule has 0 amide bonds. The molecule has 0 aromatic heterocycles. The molecule has 5 nitrogen and oxygen atoms in total. The molecule has 33 heavy (non-hydrogen) atoms. The molecule has 2 aromatic rings. The average molecular weight is 457 g/mol. The second kappa shape index (κ2) is 10.1. The standard InChI is InChI=1S/C27H33FO5/c1-31-21-8-9-25(28)24(15-21)27(30)12-10-18(11-13-27)17-33-22-5-3-4-20(14-22)23(19-6-7-19)16-26(29)32-2/h3-5,8-9,14-15,18-19,23,30H,6-7,10-13,16-17H2,1-2H3/t18?,23-,27?/m0/s1. The lowest BCUT2D eigenvalue weighted by molar-refractivity contribution is -0.141. The first-order valence-corrected chi connectivity index (χ1v) is 11.8. The summed E-state index contributed by atoms with van der Waals surface area (Å²) in [5, 5.41) is 11.1. The van der Waals surface area contributed by atoms with Crippen molar-refractivity contribution < 1.29 is 28.5 Å². The molecule has 0 spiro atoms.